The smallest absolute Gasteiger partial charge is 0.338 e. The molecule has 0 aliphatic heterocycles. The van der Waals surface area contributed by atoms with Crippen molar-refractivity contribution in [2.45, 2.75) is 13.0 Å². The molecule has 1 unspecified atom stereocenters. The predicted molar refractivity (Wildman–Crippen MR) is 98.3 cm³/mol. The number of amides is 1. The molecule has 0 heterocycles. The van der Waals surface area contributed by atoms with Crippen molar-refractivity contribution in [3.8, 4) is 5.75 Å². The molecule has 8 heteroatoms. The van der Waals surface area contributed by atoms with Crippen LogP contribution in [0.25, 0.3) is 0 Å². The maximum absolute atomic E-state index is 13.7. The monoisotopic (exact) mass is 473 g/mol. The van der Waals surface area contributed by atoms with Crippen molar-refractivity contribution in [3.05, 3.63) is 56.7 Å². The summed E-state index contributed by atoms with van der Waals surface area (Å²) < 4.78 is 25.1. The molecule has 2 aromatic rings. The maximum Gasteiger partial charge on any atom is 0.338 e. The first kappa shape index (κ1) is 19.4. The van der Waals surface area contributed by atoms with E-state index in [1.54, 1.807) is 12.1 Å². The average Bonchev–Trinajstić information content (AvgIpc) is 2.57. The average molecular weight is 475 g/mol. The molecular formula is C17H14Br2FNO4. The first-order chi connectivity index (χ1) is 11.8. The van der Waals surface area contributed by atoms with Gasteiger partial charge in [-0.25, -0.2) is 9.18 Å². The van der Waals surface area contributed by atoms with Crippen LogP contribution in [0.2, 0.25) is 0 Å². The van der Waals surface area contributed by atoms with Crippen molar-refractivity contribution in [3.63, 3.8) is 0 Å². The van der Waals surface area contributed by atoms with E-state index in [0.717, 1.165) is 0 Å². The number of hydrogen-bond acceptors (Lipinski definition) is 4. The zero-order chi connectivity index (χ0) is 18.6. The van der Waals surface area contributed by atoms with Crippen LogP contribution in [0.15, 0.2) is 45.3 Å². The van der Waals surface area contributed by atoms with Crippen LogP contribution in [0.4, 0.5) is 10.1 Å². The molecule has 0 aliphatic rings. The Balaban J connectivity index is 2.02. The highest BCUT2D eigenvalue weighted by Gasteiger charge is 2.20. The summed E-state index contributed by atoms with van der Waals surface area (Å²) >= 11 is 6.40. The molecule has 0 spiro atoms. The highest BCUT2D eigenvalue weighted by atomic mass is 79.9. The Bertz CT molecular complexity index is 813. The molecule has 0 aliphatic carbocycles. The zero-order valence-corrected chi connectivity index (χ0v) is 16.5. The van der Waals surface area contributed by atoms with E-state index in [4.69, 9.17) is 9.47 Å². The van der Waals surface area contributed by atoms with Gasteiger partial charge in [0, 0.05) is 4.47 Å². The lowest BCUT2D eigenvalue weighted by molar-refractivity contribution is -0.123. The number of rotatable bonds is 5. The minimum atomic E-state index is -1.10. The van der Waals surface area contributed by atoms with Crippen molar-refractivity contribution < 1.29 is 23.5 Å². The number of nitrogens with one attached hydrogen (secondary N) is 1. The van der Waals surface area contributed by atoms with Gasteiger partial charge in [0.05, 0.1) is 22.8 Å². The lowest BCUT2D eigenvalue weighted by atomic mass is 10.2. The van der Waals surface area contributed by atoms with Gasteiger partial charge in [0.1, 0.15) is 11.6 Å². The Hall–Kier alpha value is -1.93. The van der Waals surface area contributed by atoms with Crippen LogP contribution in [-0.4, -0.2) is 25.1 Å². The van der Waals surface area contributed by atoms with Gasteiger partial charge >= 0.3 is 5.97 Å². The highest BCUT2D eigenvalue weighted by molar-refractivity contribution is 9.10. The van der Waals surface area contributed by atoms with E-state index in [1.165, 1.54) is 38.3 Å². The first-order valence-electron chi connectivity index (χ1n) is 7.12. The standard InChI is InChI=1S/C17H14Br2FNO4/c1-9(16(22)21-14-5-4-11(18)8-13(14)20)25-17(23)10-3-6-15(24-2)12(19)7-10/h3-9H,1-2H3,(H,21,22). The molecule has 2 aromatic carbocycles. The lowest BCUT2D eigenvalue weighted by Crippen LogP contribution is -2.30. The SMILES string of the molecule is COc1ccc(C(=O)OC(C)C(=O)Nc2ccc(Br)cc2F)cc1Br. The summed E-state index contributed by atoms with van der Waals surface area (Å²) in [5.74, 6) is -1.35. The van der Waals surface area contributed by atoms with Gasteiger partial charge in [0.25, 0.3) is 5.91 Å². The molecule has 0 fully saturated rings. The number of hydrogen-bond donors (Lipinski definition) is 1. The molecule has 0 aromatic heterocycles. The predicted octanol–water partition coefficient (Wildman–Crippen LogP) is 4.54. The summed E-state index contributed by atoms with van der Waals surface area (Å²) in [6.45, 7) is 1.41. The molecular weight excluding hydrogens is 461 g/mol. The van der Waals surface area contributed by atoms with Crippen LogP contribution in [0, 0.1) is 5.82 Å². The van der Waals surface area contributed by atoms with Gasteiger partial charge < -0.3 is 14.8 Å². The third-order valence-corrected chi connectivity index (χ3v) is 4.34. The fourth-order valence-corrected chi connectivity index (χ4v) is 2.77. The van der Waals surface area contributed by atoms with Crippen LogP contribution in [0.5, 0.6) is 5.75 Å². The number of esters is 1. The quantitative estimate of drug-likeness (QED) is 0.646. The van der Waals surface area contributed by atoms with E-state index < -0.39 is 23.8 Å². The molecule has 1 N–H and O–H groups in total. The van der Waals surface area contributed by atoms with Gasteiger partial charge in [-0.2, -0.15) is 0 Å². The number of methoxy groups -OCH3 is 1. The third kappa shape index (κ3) is 5.02. The number of benzene rings is 2. The molecule has 0 saturated carbocycles. The second-order valence-electron chi connectivity index (χ2n) is 5.01. The number of halogens is 3. The van der Waals surface area contributed by atoms with E-state index >= 15 is 0 Å². The van der Waals surface area contributed by atoms with E-state index in [9.17, 15) is 14.0 Å². The normalized spacial score (nSPS) is 11.6. The van der Waals surface area contributed by atoms with E-state index in [2.05, 4.69) is 37.2 Å². The van der Waals surface area contributed by atoms with Gasteiger partial charge in [-0.1, -0.05) is 15.9 Å². The first-order valence-corrected chi connectivity index (χ1v) is 8.71. The van der Waals surface area contributed by atoms with Crippen LogP contribution in [0.1, 0.15) is 17.3 Å². The van der Waals surface area contributed by atoms with E-state index in [-0.39, 0.29) is 11.3 Å². The molecule has 132 valence electrons. The van der Waals surface area contributed by atoms with Gasteiger partial charge in [0.2, 0.25) is 0 Å². The van der Waals surface area contributed by atoms with Gasteiger partial charge in [0.15, 0.2) is 6.10 Å². The van der Waals surface area contributed by atoms with Crippen molar-refractivity contribution in [1.82, 2.24) is 0 Å². The lowest BCUT2D eigenvalue weighted by Gasteiger charge is -2.14. The van der Waals surface area contributed by atoms with Crippen LogP contribution >= 0.6 is 31.9 Å². The zero-order valence-electron chi connectivity index (χ0n) is 13.3. The topological polar surface area (TPSA) is 64.6 Å². The second kappa shape index (κ2) is 8.44. The van der Waals surface area contributed by atoms with Crippen molar-refractivity contribution >= 4 is 49.4 Å². The Morgan fingerprint density at radius 1 is 1.16 bits per heavy atom. The summed E-state index contributed by atoms with van der Waals surface area (Å²) in [5.41, 5.74) is 0.255. The number of anilines is 1. The Morgan fingerprint density at radius 3 is 2.48 bits per heavy atom. The highest BCUT2D eigenvalue weighted by Crippen LogP contribution is 2.26. The van der Waals surface area contributed by atoms with Crippen molar-refractivity contribution in [1.29, 1.82) is 0 Å². The fraction of sp³-hybridized carbons (Fsp3) is 0.176. The number of carbonyl (C=O) groups is 2. The summed E-state index contributed by atoms with van der Waals surface area (Å²) in [6, 6.07) is 8.87. The fourth-order valence-electron chi connectivity index (χ4n) is 1.90. The molecule has 1 atom stereocenters. The van der Waals surface area contributed by atoms with Crippen LogP contribution in [0.3, 0.4) is 0 Å². The maximum atomic E-state index is 13.7. The molecule has 0 saturated heterocycles. The molecule has 0 radical (unpaired) electrons. The Labute approximate surface area is 160 Å². The molecule has 1 amide bonds. The Morgan fingerprint density at radius 2 is 1.88 bits per heavy atom. The van der Waals surface area contributed by atoms with Gasteiger partial charge in [-0.15, -0.1) is 0 Å². The minimum Gasteiger partial charge on any atom is -0.496 e. The van der Waals surface area contributed by atoms with E-state index in [1.807, 2.05) is 0 Å². The largest absolute Gasteiger partial charge is 0.496 e. The number of carbonyl (C=O) groups excluding carboxylic acids is 2. The van der Waals surface area contributed by atoms with Crippen LogP contribution in [-0.2, 0) is 9.53 Å². The van der Waals surface area contributed by atoms with Crippen LogP contribution < -0.4 is 10.1 Å². The van der Waals surface area contributed by atoms with Gasteiger partial charge in [-0.3, -0.25) is 4.79 Å². The van der Waals surface area contributed by atoms with Crippen molar-refractivity contribution in [2.24, 2.45) is 0 Å². The van der Waals surface area contributed by atoms with E-state index in [0.29, 0.717) is 14.7 Å². The van der Waals surface area contributed by atoms with Crippen molar-refractivity contribution in [2.75, 3.05) is 12.4 Å². The summed E-state index contributed by atoms with van der Waals surface area (Å²) in [5, 5.41) is 2.38. The molecule has 0 bridgehead atoms. The van der Waals surface area contributed by atoms with Gasteiger partial charge in [-0.05, 0) is 59.3 Å². The molecule has 5 nitrogen and oxygen atoms in total. The summed E-state index contributed by atoms with van der Waals surface area (Å²) in [7, 11) is 1.51. The third-order valence-electron chi connectivity index (χ3n) is 3.23. The molecule has 25 heavy (non-hydrogen) atoms. The summed E-state index contributed by atoms with van der Waals surface area (Å²) in [6.07, 6.45) is -1.10. The minimum absolute atomic E-state index is 0.00305. The second-order valence-corrected chi connectivity index (χ2v) is 6.78. The number of ether oxygens (including phenoxy) is 2. The summed E-state index contributed by atoms with van der Waals surface area (Å²) in [4.78, 5) is 24.2. The Kier molecular flexibility index (Phi) is 6.55. The molecule has 2 rings (SSSR count).